The lowest BCUT2D eigenvalue weighted by Crippen LogP contribution is -3.00. The standard InChI is InChI=1S/C13H33N3.2ClH/c1-13(2,14)9-12-16(6,7)11-8-10-15(3,4)5;;/h8-12,14H2,1-7H3;2*1H/q+2;;/p-2. The first-order valence-corrected chi connectivity index (χ1v) is 6.33. The quantitative estimate of drug-likeness (QED) is 0.470. The van der Waals surface area contributed by atoms with E-state index in [1.165, 1.54) is 26.1 Å². The second-order valence-electron chi connectivity index (χ2n) is 7.49. The fourth-order valence-corrected chi connectivity index (χ4v) is 1.68. The van der Waals surface area contributed by atoms with Crippen molar-refractivity contribution in [3.05, 3.63) is 0 Å². The van der Waals surface area contributed by atoms with Gasteiger partial charge in [0.2, 0.25) is 0 Å². The number of nitrogens with two attached hydrogens (primary N) is 1. The van der Waals surface area contributed by atoms with Crippen molar-refractivity contribution in [1.29, 1.82) is 0 Å². The summed E-state index contributed by atoms with van der Waals surface area (Å²) in [6, 6.07) is 0. The van der Waals surface area contributed by atoms with Crippen LogP contribution in [0, 0.1) is 0 Å². The molecule has 0 unspecified atom stereocenters. The predicted molar refractivity (Wildman–Crippen MR) is 72.2 cm³/mol. The number of hydrogen-bond acceptors (Lipinski definition) is 1. The van der Waals surface area contributed by atoms with Gasteiger partial charge in [0, 0.05) is 18.4 Å². The minimum Gasteiger partial charge on any atom is -1.00 e. The molecule has 3 nitrogen and oxygen atoms in total. The van der Waals surface area contributed by atoms with Crippen LogP contribution in [-0.4, -0.2) is 69.4 Å². The van der Waals surface area contributed by atoms with Crippen molar-refractivity contribution in [2.24, 2.45) is 5.73 Å². The fourth-order valence-electron chi connectivity index (χ4n) is 1.68. The van der Waals surface area contributed by atoms with E-state index in [9.17, 15) is 0 Å². The third-order valence-corrected chi connectivity index (χ3v) is 2.95. The number of halogens is 2. The first-order chi connectivity index (χ1) is 6.91. The maximum absolute atomic E-state index is 6.03. The summed E-state index contributed by atoms with van der Waals surface area (Å²) < 4.78 is 2.14. The summed E-state index contributed by atoms with van der Waals surface area (Å²) in [6.45, 7) is 7.87. The molecule has 18 heavy (non-hydrogen) atoms. The molecule has 2 N–H and O–H groups in total. The molecule has 0 rings (SSSR count). The average Bonchev–Trinajstić information content (AvgIpc) is 1.97. The lowest BCUT2D eigenvalue weighted by atomic mass is 10.0. The van der Waals surface area contributed by atoms with Crippen LogP contribution in [0.5, 0.6) is 0 Å². The first-order valence-electron chi connectivity index (χ1n) is 6.33. The van der Waals surface area contributed by atoms with Crippen molar-refractivity contribution in [3.8, 4) is 0 Å². The Kier molecular flexibility index (Phi) is 11.2. The highest BCUT2D eigenvalue weighted by Crippen LogP contribution is 2.09. The maximum atomic E-state index is 6.03. The lowest BCUT2D eigenvalue weighted by Gasteiger charge is -2.33. The van der Waals surface area contributed by atoms with Gasteiger partial charge in [0.1, 0.15) is 0 Å². The molecule has 0 fully saturated rings. The molecule has 0 radical (unpaired) electrons. The Morgan fingerprint density at radius 2 is 1.28 bits per heavy atom. The van der Waals surface area contributed by atoms with Crippen molar-refractivity contribution >= 4 is 0 Å². The van der Waals surface area contributed by atoms with E-state index in [-0.39, 0.29) is 30.4 Å². The van der Waals surface area contributed by atoms with Gasteiger partial charge in [0.15, 0.2) is 0 Å². The summed E-state index contributed by atoms with van der Waals surface area (Å²) in [6.07, 6.45) is 2.37. The van der Waals surface area contributed by atoms with E-state index in [2.05, 4.69) is 49.1 Å². The van der Waals surface area contributed by atoms with Gasteiger partial charge in [-0.2, -0.15) is 0 Å². The van der Waals surface area contributed by atoms with Gasteiger partial charge in [-0.05, 0) is 13.8 Å². The molecule has 0 atom stereocenters. The topological polar surface area (TPSA) is 26.0 Å². The summed E-state index contributed by atoms with van der Waals surface area (Å²) in [4.78, 5) is 0. The van der Waals surface area contributed by atoms with Crippen LogP contribution in [0.2, 0.25) is 0 Å². The number of quaternary nitrogens is 2. The Balaban J connectivity index is -0.00000112. The predicted octanol–water partition coefficient (Wildman–Crippen LogP) is -4.71. The zero-order chi connectivity index (χ0) is 13.0. The SMILES string of the molecule is CC(C)(N)CC[N+](C)(C)CCC[N+](C)(C)C.[Cl-].[Cl-]. The van der Waals surface area contributed by atoms with Crippen molar-refractivity contribution in [2.45, 2.75) is 32.2 Å². The van der Waals surface area contributed by atoms with E-state index in [0.29, 0.717) is 0 Å². The van der Waals surface area contributed by atoms with Gasteiger partial charge in [-0.3, -0.25) is 0 Å². The summed E-state index contributed by atoms with van der Waals surface area (Å²) in [5, 5.41) is 0. The first kappa shape index (κ1) is 23.5. The Morgan fingerprint density at radius 1 is 0.833 bits per heavy atom. The third kappa shape index (κ3) is 16.5. The van der Waals surface area contributed by atoms with Crippen LogP contribution in [0.25, 0.3) is 0 Å². The fraction of sp³-hybridized carbons (Fsp3) is 1.00. The minimum absolute atomic E-state index is 0. The van der Waals surface area contributed by atoms with E-state index in [4.69, 9.17) is 5.73 Å². The molecule has 5 heteroatoms. The molecule has 0 aliphatic heterocycles. The van der Waals surface area contributed by atoms with Gasteiger partial charge < -0.3 is 39.5 Å². The highest BCUT2D eigenvalue weighted by Gasteiger charge is 2.21. The second-order valence-corrected chi connectivity index (χ2v) is 7.49. The minimum atomic E-state index is -0.0321. The van der Waals surface area contributed by atoms with Gasteiger partial charge >= 0.3 is 0 Å². The van der Waals surface area contributed by atoms with Crippen LogP contribution in [0.1, 0.15) is 26.7 Å². The molecule has 0 amide bonds. The van der Waals surface area contributed by atoms with Crippen LogP contribution in [0.15, 0.2) is 0 Å². The third-order valence-electron chi connectivity index (χ3n) is 2.95. The Hall–Kier alpha value is 0.460. The van der Waals surface area contributed by atoms with Crippen LogP contribution < -0.4 is 30.5 Å². The van der Waals surface area contributed by atoms with Gasteiger partial charge in [0.25, 0.3) is 0 Å². The number of hydrogen-bond donors (Lipinski definition) is 1. The molecule has 0 heterocycles. The number of nitrogens with zero attached hydrogens (tertiary/aromatic N) is 2. The van der Waals surface area contributed by atoms with Gasteiger partial charge in [0.05, 0.1) is 54.9 Å². The molecule has 114 valence electrons. The maximum Gasteiger partial charge on any atom is 0.0836 e. The molecule has 0 bridgehead atoms. The van der Waals surface area contributed by atoms with Crippen molar-refractivity contribution in [1.82, 2.24) is 0 Å². The van der Waals surface area contributed by atoms with Gasteiger partial charge in [-0.15, -0.1) is 0 Å². The molecule has 0 aromatic carbocycles. The second kappa shape index (κ2) is 8.60. The molecule has 0 aliphatic rings. The molecule has 0 aliphatic carbocycles. The van der Waals surface area contributed by atoms with Crippen molar-refractivity contribution in [2.75, 3.05) is 54.9 Å². The Morgan fingerprint density at radius 3 is 1.61 bits per heavy atom. The summed E-state index contributed by atoms with van der Waals surface area (Å²) in [5.41, 5.74) is 6.00. The average molecular weight is 302 g/mol. The molecule has 0 aromatic rings. The summed E-state index contributed by atoms with van der Waals surface area (Å²) in [7, 11) is 11.4. The molecule has 0 saturated carbocycles. The van der Waals surface area contributed by atoms with E-state index in [0.717, 1.165) is 15.4 Å². The van der Waals surface area contributed by atoms with Crippen molar-refractivity contribution in [3.63, 3.8) is 0 Å². The summed E-state index contributed by atoms with van der Waals surface area (Å²) >= 11 is 0. The molecular weight excluding hydrogens is 269 g/mol. The van der Waals surface area contributed by atoms with E-state index in [1.807, 2.05) is 0 Å². The van der Waals surface area contributed by atoms with Crippen LogP contribution in [0.3, 0.4) is 0 Å². The smallest absolute Gasteiger partial charge is 0.0836 e. The zero-order valence-corrected chi connectivity index (χ0v) is 14.8. The molecule has 0 spiro atoms. The molecule has 0 aromatic heterocycles. The Labute approximate surface area is 127 Å². The van der Waals surface area contributed by atoms with E-state index < -0.39 is 0 Å². The largest absolute Gasteiger partial charge is 1.00 e. The lowest BCUT2D eigenvalue weighted by molar-refractivity contribution is -0.902. The normalized spacial score (nSPS) is 12.7. The number of rotatable bonds is 7. The monoisotopic (exact) mass is 301 g/mol. The van der Waals surface area contributed by atoms with E-state index >= 15 is 0 Å². The molecular formula is C13H33Cl2N3. The van der Waals surface area contributed by atoms with E-state index in [1.54, 1.807) is 0 Å². The van der Waals surface area contributed by atoms with Gasteiger partial charge in [-0.25, -0.2) is 0 Å². The Bertz CT molecular complexity index is 205. The molecule has 0 saturated heterocycles. The van der Waals surface area contributed by atoms with Crippen LogP contribution in [0.4, 0.5) is 0 Å². The van der Waals surface area contributed by atoms with Crippen LogP contribution in [-0.2, 0) is 0 Å². The highest BCUT2D eigenvalue weighted by molar-refractivity contribution is 4.70. The van der Waals surface area contributed by atoms with Crippen molar-refractivity contribution < 1.29 is 33.8 Å². The summed E-state index contributed by atoms with van der Waals surface area (Å²) in [5.74, 6) is 0. The zero-order valence-electron chi connectivity index (χ0n) is 13.3. The van der Waals surface area contributed by atoms with Gasteiger partial charge in [-0.1, -0.05) is 0 Å². The highest BCUT2D eigenvalue weighted by atomic mass is 35.5. The van der Waals surface area contributed by atoms with Crippen LogP contribution >= 0.6 is 0 Å².